The van der Waals surface area contributed by atoms with Crippen molar-refractivity contribution in [2.75, 3.05) is 20.3 Å². The molecule has 0 aromatic rings. The maximum absolute atomic E-state index is 5.04. The van der Waals surface area contributed by atoms with Gasteiger partial charge in [-0.1, -0.05) is 20.3 Å². The fraction of sp³-hybridized carbons (Fsp3) is 1.00. The zero-order chi connectivity index (χ0) is 9.68. The summed E-state index contributed by atoms with van der Waals surface area (Å²) < 4.78 is 5.04. The second-order valence-electron chi connectivity index (χ2n) is 4.36. The highest BCUT2D eigenvalue weighted by molar-refractivity contribution is 4.82. The molecule has 3 atom stereocenters. The highest BCUT2D eigenvalue weighted by Crippen LogP contribution is 2.28. The highest BCUT2D eigenvalue weighted by atomic mass is 16.5. The van der Waals surface area contributed by atoms with Crippen molar-refractivity contribution < 1.29 is 4.74 Å². The summed E-state index contributed by atoms with van der Waals surface area (Å²) in [5.41, 5.74) is 0. The Kier molecular flexibility index (Phi) is 4.74. The lowest BCUT2D eigenvalue weighted by molar-refractivity contribution is 0.165. The predicted octanol–water partition coefficient (Wildman–Crippen LogP) is 2.05. The molecule has 0 aromatic carbocycles. The second-order valence-corrected chi connectivity index (χ2v) is 4.36. The summed E-state index contributed by atoms with van der Waals surface area (Å²) in [6.07, 6.45) is 4.18. The molecule has 1 rings (SSSR count). The largest absolute Gasteiger partial charge is 0.383 e. The van der Waals surface area contributed by atoms with E-state index in [2.05, 4.69) is 19.2 Å². The molecule has 0 amide bonds. The topological polar surface area (TPSA) is 21.3 Å². The van der Waals surface area contributed by atoms with Gasteiger partial charge in [-0.25, -0.2) is 0 Å². The van der Waals surface area contributed by atoms with E-state index in [1.54, 1.807) is 7.11 Å². The Labute approximate surface area is 82.0 Å². The molecule has 1 fully saturated rings. The lowest BCUT2D eigenvalue weighted by atomic mass is 9.79. The molecule has 2 nitrogen and oxygen atoms in total. The van der Waals surface area contributed by atoms with Gasteiger partial charge in [-0.2, -0.15) is 0 Å². The Hall–Kier alpha value is -0.0800. The first-order valence-electron chi connectivity index (χ1n) is 5.48. The minimum Gasteiger partial charge on any atom is -0.383 e. The van der Waals surface area contributed by atoms with Crippen molar-refractivity contribution in [1.29, 1.82) is 0 Å². The Morgan fingerprint density at radius 3 is 2.38 bits per heavy atom. The van der Waals surface area contributed by atoms with Gasteiger partial charge in [0.05, 0.1) is 6.61 Å². The first kappa shape index (κ1) is 11.0. The van der Waals surface area contributed by atoms with Crippen LogP contribution in [-0.2, 0) is 4.74 Å². The van der Waals surface area contributed by atoms with Gasteiger partial charge >= 0.3 is 0 Å². The summed E-state index contributed by atoms with van der Waals surface area (Å²) in [5.74, 6) is 1.67. The Balaban J connectivity index is 2.26. The van der Waals surface area contributed by atoms with Crippen LogP contribution in [0.4, 0.5) is 0 Å². The van der Waals surface area contributed by atoms with E-state index in [4.69, 9.17) is 4.74 Å². The molecule has 0 heterocycles. The maximum Gasteiger partial charge on any atom is 0.0587 e. The van der Waals surface area contributed by atoms with Crippen LogP contribution in [-0.4, -0.2) is 26.3 Å². The highest BCUT2D eigenvalue weighted by Gasteiger charge is 2.26. The van der Waals surface area contributed by atoms with Crippen LogP contribution in [0.5, 0.6) is 0 Å². The van der Waals surface area contributed by atoms with Crippen molar-refractivity contribution in [2.45, 2.75) is 39.2 Å². The molecule has 1 aliphatic rings. The van der Waals surface area contributed by atoms with Gasteiger partial charge in [-0.15, -0.1) is 0 Å². The van der Waals surface area contributed by atoms with Crippen molar-refractivity contribution in [3.63, 3.8) is 0 Å². The van der Waals surface area contributed by atoms with E-state index in [-0.39, 0.29) is 0 Å². The van der Waals surface area contributed by atoms with Crippen LogP contribution < -0.4 is 5.32 Å². The Bertz CT molecular complexity index is 128. The van der Waals surface area contributed by atoms with Crippen molar-refractivity contribution in [3.05, 3.63) is 0 Å². The van der Waals surface area contributed by atoms with Gasteiger partial charge in [0, 0.05) is 19.7 Å². The van der Waals surface area contributed by atoms with Crippen molar-refractivity contribution in [2.24, 2.45) is 11.8 Å². The van der Waals surface area contributed by atoms with Gasteiger partial charge in [-0.05, 0) is 24.7 Å². The minimum atomic E-state index is 0.712. The summed E-state index contributed by atoms with van der Waals surface area (Å²) in [5, 5.41) is 3.60. The lowest BCUT2D eigenvalue weighted by Crippen LogP contribution is -2.43. The number of hydrogen-bond donors (Lipinski definition) is 1. The van der Waals surface area contributed by atoms with Gasteiger partial charge in [-0.3, -0.25) is 0 Å². The van der Waals surface area contributed by atoms with Gasteiger partial charge in [0.15, 0.2) is 0 Å². The molecule has 1 unspecified atom stereocenters. The first-order valence-corrected chi connectivity index (χ1v) is 5.48. The van der Waals surface area contributed by atoms with Crippen LogP contribution >= 0.6 is 0 Å². The molecular formula is C11H23NO. The second kappa shape index (κ2) is 5.61. The Morgan fingerprint density at radius 1 is 1.23 bits per heavy atom. The smallest absolute Gasteiger partial charge is 0.0587 e. The average molecular weight is 185 g/mol. The van der Waals surface area contributed by atoms with E-state index in [1.165, 1.54) is 19.3 Å². The number of hydrogen-bond acceptors (Lipinski definition) is 2. The minimum absolute atomic E-state index is 0.712. The fourth-order valence-corrected chi connectivity index (χ4v) is 2.41. The van der Waals surface area contributed by atoms with Crippen LogP contribution in [0.3, 0.4) is 0 Å². The molecule has 13 heavy (non-hydrogen) atoms. The van der Waals surface area contributed by atoms with Crippen molar-refractivity contribution in [1.82, 2.24) is 5.32 Å². The maximum atomic E-state index is 5.04. The van der Waals surface area contributed by atoms with Gasteiger partial charge in [0.25, 0.3) is 0 Å². The molecular weight excluding hydrogens is 162 g/mol. The number of methoxy groups -OCH3 is 1. The molecule has 0 spiro atoms. The Morgan fingerprint density at radius 2 is 1.85 bits per heavy atom. The van der Waals surface area contributed by atoms with Crippen molar-refractivity contribution in [3.8, 4) is 0 Å². The predicted molar refractivity (Wildman–Crippen MR) is 55.8 cm³/mol. The zero-order valence-corrected chi connectivity index (χ0v) is 9.18. The number of rotatable bonds is 4. The van der Waals surface area contributed by atoms with Gasteiger partial charge < -0.3 is 10.1 Å². The fourth-order valence-electron chi connectivity index (χ4n) is 2.41. The summed E-state index contributed by atoms with van der Waals surface area (Å²) in [6, 6.07) is 0.712. The summed E-state index contributed by atoms with van der Waals surface area (Å²) in [4.78, 5) is 0. The normalized spacial score (nSPS) is 34.8. The van der Waals surface area contributed by atoms with E-state index in [9.17, 15) is 0 Å². The molecule has 0 saturated heterocycles. The molecule has 1 saturated carbocycles. The molecule has 0 radical (unpaired) electrons. The molecule has 1 aliphatic carbocycles. The quantitative estimate of drug-likeness (QED) is 0.677. The summed E-state index contributed by atoms with van der Waals surface area (Å²) in [7, 11) is 1.76. The molecule has 0 bridgehead atoms. The van der Waals surface area contributed by atoms with Crippen LogP contribution in [0, 0.1) is 11.8 Å². The van der Waals surface area contributed by atoms with E-state index in [1.807, 2.05) is 0 Å². The van der Waals surface area contributed by atoms with E-state index >= 15 is 0 Å². The number of nitrogens with one attached hydrogen (secondary N) is 1. The van der Waals surface area contributed by atoms with Gasteiger partial charge in [0.1, 0.15) is 0 Å². The van der Waals surface area contributed by atoms with Crippen LogP contribution in [0.15, 0.2) is 0 Å². The third-order valence-corrected chi connectivity index (χ3v) is 3.23. The lowest BCUT2D eigenvalue weighted by Gasteiger charge is -2.35. The van der Waals surface area contributed by atoms with Crippen LogP contribution in [0.1, 0.15) is 33.1 Å². The molecule has 0 aromatic heterocycles. The first-order chi connectivity index (χ1) is 6.25. The van der Waals surface area contributed by atoms with E-state index < -0.39 is 0 Å². The molecule has 78 valence electrons. The van der Waals surface area contributed by atoms with E-state index in [0.29, 0.717) is 6.04 Å². The summed E-state index contributed by atoms with van der Waals surface area (Å²) >= 11 is 0. The van der Waals surface area contributed by atoms with E-state index in [0.717, 1.165) is 25.0 Å². The van der Waals surface area contributed by atoms with Crippen molar-refractivity contribution >= 4 is 0 Å². The molecule has 2 heteroatoms. The van der Waals surface area contributed by atoms with Crippen LogP contribution in [0.2, 0.25) is 0 Å². The molecule has 1 N–H and O–H groups in total. The number of ether oxygens (including phenoxy) is 1. The summed E-state index contributed by atoms with van der Waals surface area (Å²) in [6.45, 7) is 6.55. The SMILES string of the molecule is COCCNC1[C@H](C)CCC[C@@H]1C. The van der Waals surface area contributed by atoms with Gasteiger partial charge in [0.2, 0.25) is 0 Å². The average Bonchev–Trinajstić information content (AvgIpc) is 2.10. The third kappa shape index (κ3) is 3.28. The third-order valence-electron chi connectivity index (χ3n) is 3.23. The van der Waals surface area contributed by atoms with Crippen LogP contribution in [0.25, 0.3) is 0 Å². The standard InChI is InChI=1S/C11H23NO/c1-9-5-4-6-10(2)11(9)12-7-8-13-3/h9-12H,4-8H2,1-3H3/t9-,10+,11?. The molecule has 0 aliphatic heterocycles. The monoisotopic (exact) mass is 185 g/mol. The zero-order valence-electron chi connectivity index (χ0n) is 9.18.